The van der Waals surface area contributed by atoms with E-state index in [0.29, 0.717) is 5.69 Å². The second-order valence-electron chi connectivity index (χ2n) is 3.48. The van der Waals surface area contributed by atoms with Gasteiger partial charge in [0.05, 0.1) is 5.56 Å². The summed E-state index contributed by atoms with van der Waals surface area (Å²) in [5.41, 5.74) is -0.222. The summed E-state index contributed by atoms with van der Waals surface area (Å²) in [6.07, 6.45) is -4.39. The van der Waals surface area contributed by atoms with Crippen molar-refractivity contribution in [2.24, 2.45) is 0 Å². The normalized spacial score (nSPS) is 25.1. The molecular weight excluding hydrogens is 207 g/mol. The first kappa shape index (κ1) is 10.3. The van der Waals surface area contributed by atoms with Crippen LogP contribution >= 0.6 is 0 Å². The van der Waals surface area contributed by atoms with Gasteiger partial charge in [-0.25, -0.2) is 0 Å². The minimum atomic E-state index is -4.30. The topological polar surface area (TPSA) is 24.6 Å². The van der Waals surface area contributed by atoms with Crippen molar-refractivity contribution in [3.63, 3.8) is 0 Å². The third kappa shape index (κ3) is 2.41. The van der Waals surface area contributed by atoms with Gasteiger partial charge < -0.3 is 10.1 Å². The Hall–Kier alpha value is -1.23. The zero-order chi connectivity index (χ0) is 11.1. The Morgan fingerprint density at radius 3 is 2.53 bits per heavy atom. The SMILES string of the molecule is CC1OC1Nc1cccc(C(F)(F)F)c1. The standard InChI is InChI=1S/C10H10F3NO/c1-6-9(15-6)14-8-4-2-3-7(5-8)10(11,12)13/h2-6,9,14H,1H3. The Kier molecular flexibility index (Phi) is 2.34. The maximum absolute atomic E-state index is 12.3. The highest BCUT2D eigenvalue weighted by atomic mass is 19.4. The van der Waals surface area contributed by atoms with Gasteiger partial charge in [0.2, 0.25) is 0 Å². The summed E-state index contributed by atoms with van der Waals surface area (Å²) in [6, 6.07) is 5.08. The molecule has 1 N–H and O–H groups in total. The van der Waals surface area contributed by atoms with E-state index in [0.717, 1.165) is 12.1 Å². The zero-order valence-electron chi connectivity index (χ0n) is 8.01. The first-order chi connectivity index (χ1) is 6.97. The lowest BCUT2D eigenvalue weighted by Crippen LogP contribution is -2.08. The van der Waals surface area contributed by atoms with Crippen LogP contribution in [0.25, 0.3) is 0 Å². The number of epoxide rings is 1. The van der Waals surface area contributed by atoms with Crippen LogP contribution in [0, 0.1) is 0 Å². The molecule has 2 atom stereocenters. The molecule has 1 fully saturated rings. The number of nitrogens with one attached hydrogen (secondary N) is 1. The maximum Gasteiger partial charge on any atom is 0.416 e. The van der Waals surface area contributed by atoms with Gasteiger partial charge in [-0.3, -0.25) is 0 Å². The molecule has 82 valence electrons. The average molecular weight is 217 g/mol. The van der Waals surface area contributed by atoms with Crippen molar-refractivity contribution in [1.82, 2.24) is 0 Å². The van der Waals surface area contributed by atoms with Crippen LogP contribution < -0.4 is 5.32 Å². The van der Waals surface area contributed by atoms with Crippen molar-refractivity contribution in [2.75, 3.05) is 5.32 Å². The van der Waals surface area contributed by atoms with E-state index in [-0.39, 0.29) is 12.3 Å². The lowest BCUT2D eigenvalue weighted by molar-refractivity contribution is -0.137. The van der Waals surface area contributed by atoms with Crippen molar-refractivity contribution >= 4 is 5.69 Å². The largest absolute Gasteiger partial charge is 0.416 e. The molecule has 0 amide bonds. The van der Waals surface area contributed by atoms with Gasteiger partial charge >= 0.3 is 6.18 Å². The molecule has 0 radical (unpaired) electrons. The van der Waals surface area contributed by atoms with Gasteiger partial charge in [0.1, 0.15) is 6.10 Å². The molecule has 0 bridgehead atoms. The van der Waals surface area contributed by atoms with Gasteiger partial charge in [0, 0.05) is 5.69 Å². The average Bonchev–Trinajstić information content (AvgIpc) is 2.81. The van der Waals surface area contributed by atoms with E-state index < -0.39 is 11.7 Å². The first-order valence-electron chi connectivity index (χ1n) is 4.56. The number of benzene rings is 1. The number of hydrogen-bond donors (Lipinski definition) is 1. The fraction of sp³-hybridized carbons (Fsp3) is 0.400. The van der Waals surface area contributed by atoms with Gasteiger partial charge in [0.25, 0.3) is 0 Å². The Morgan fingerprint density at radius 2 is 2.00 bits per heavy atom. The zero-order valence-corrected chi connectivity index (χ0v) is 8.01. The molecule has 15 heavy (non-hydrogen) atoms. The van der Waals surface area contributed by atoms with E-state index in [1.165, 1.54) is 6.07 Å². The van der Waals surface area contributed by atoms with E-state index in [1.54, 1.807) is 6.07 Å². The molecule has 2 unspecified atom stereocenters. The summed E-state index contributed by atoms with van der Waals surface area (Å²) >= 11 is 0. The predicted octanol–water partition coefficient (Wildman–Crippen LogP) is 2.86. The van der Waals surface area contributed by atoms with E-state index >= 15 is 0 Å². The quantitative estimate of drug-likeness (QED) is 0.770. The summed E-state index contributed by atoms with van der Waals surface area (Å²) in [6.45, 7) is 1.85. The number of halogens is 3. The Morgan fingerprint density at radius 1 is 1.33 bits per heavy atom. The van der Waals surface area contributed by atoms with Gasteiger partial charge in [-0.1, -0.05) is 6.07 Å². The second kappa shape index (κ2) is 3.41. The van der Waals surface area contributed by atoms with Crippen molar-refractivity contribution in [1.29, 1.82) is 0 Å². The number of ether oxygens (including phenoxy) is 1. The minimum absolute atomic E-state index is 0.0690. The number of hydrogen-bond acceptors (Lipinski definition) is 2. The molecule has 1 aliphatic rings. The fourth-order valence-electron chi connectivity index (χ4n) is 1.29. The van der Waals surface area contributed by atoms with E-state index in [1.807, 2.05) is 6.92 Å². The molecule has 2 rings (SSSR count). The molecule has 1 aliphatic heterocycles. The van der Waals surface area contributed by atoms with Crippen LogP contribution in [0.1, 0.15) is 12.5 Å². The van der Waals surface area contributed by atoms with Crippen molar-refractivity contribution in [3.05, 3.63) is 29.8 Å². The third-order valence-corrected chi connectivity index (χ3v) is 2.21. The molecule has 1 aromatic rings. The lowest BCUT2D eigenvalue weighted by Gasteiger charge is -2.09. The Balaban J connectivity index is 2.12. The number of alkyl halides is 3. The van der Waals surface area contributed by atoms with Crippen molar-refractivity contribution in [2.45, 2.75) is 25.4 Å². The number of anilines is 1. The van der Waals surface area contributed by atoms with Crippen LogP contribution in [0.4, 0.5) is 18.9 Å². The van der Waals surface area contributed by atoms with Crippen LogP contribution in [0.15, 0.2) is 24.3 Å². The van der Waals surface area contributed by atoms with Gasteiger partial charge in [-0.15, -0.1) is 0 Å². The first-order valence-corrected chi connectivity index (χ1v) is 4.56. The summed E-state index contributed by atoms with van der Waals surface area (Å²) in [7, 11) is 0. The van der Waals surface area contributed by atoms with Crippen LogP contribution in [0.2, 0.25) is 0 Å². The summed E-state index contributed by atoms with van der Waals surface area (Å²) < 4.78 is 42.1. The fourth-order valence-corrected chi connectivity index (χ4v) is 1.29. The molecule has 0 spiro atoms. The van der Waals surface area contributed by atoms with Gasteiger partial charge in [0.15, 0.2) is 6.23 Å². The van der Waals surface area contributed by atoms with E-state index in [9.17, 15) is 13.2 Å². The molecule has 1 heterocycles. The summed E-state index contributed by atoms with van der Waals surface area (Å²) in [4.78, 5) is 0. The minimum Gasteiger partial charge on any atom is -0.358 e. The van der Waals surface area contributed by atoms with Crippen LogP contribution in [-0.4, -0.2) is 12.3 Å². The number of rotatable bonds is 2. The highest BCUT2D eigenvalue weighted by Gasteiger charge is 2.35. The monoisotopic (exact) mass is 217 g/mol. The van der Waals surface area contributed by atoms with Gasteiger partial charge in [-0.2, -0.15) is 13.2 Å². The van der Waals surface area contributed by atoms with Crippen molar-refractivity contribution in [3.8, 4) is 0 Å². The van der Waals surface area contributed by atoms with Crippen LogP contribution in [-0.2, 0) is 10.9 Å². The predicted molar refractivity (Wildman–Crippen MR) is 49.4 cm³/mol. The molecule has 1 aromatic carbocycles. The third-order valence-electron chi connectivity index (χ3n) is 2.21. The van der Waals surface area contributed by atoms with Crippen LogP contribution in [0.3, 0.4) is 0 Å². The molecule has 0 saturated carbocycles. The Labute approximate surface area is 85.0 Å². The van der Waals surface area contributed by atoms with E-state index in [4.69, 9.17) is 4.74 Å². The summed E-state index contributed by atoms with van der Waals surface area (Å²) in [5.74, 6) is 0. The lowest BCUT2D eigenvalue weighted by atomic mass is 10.2. The van der Waals surface area contributed by atoms with Crippen LogP contribution in [0.5, 0.6) is 0 Å². The second-order valence-corrected chi connectivity index (χ2v) is 3.48. The highest BCUT2D eigenvalue weighted by molar-refractivity contribution is 5.47. The molecular formula is C10H10F3NO. The van der Waals surface area contributed by atoms with Gasteiger partial charge in [-0.05, 0) is 25.1 Å². The van der Waals surface area contributed by atoms with E-state index in [2.05, 4.69) is 5.32 Å². The summed E-state index contributed by atoms with van der Waals surface area (Å²) in [5, 5.41) is 2.86. The molecule has 0 aromatic heterocycles. The molecule has 5 heteroatoms. The molecule has 2 nitrogen and oxygen atoms in total. The smallest absolute Gasteiger partial charge is 0.358 e. The molecule has 0 aliphatic carbocycles. The Bertz CT molecular complexity index is 364. The highest BCUT2D eigenvalue weighted by Crippen LogP contribution is 2.31. The maximum atomic E-state index is 12.3. The molecule has 1 saturated heterocycles. The van der Waals surface area contributed by atoms with Crippen molar-refractivity contribution < 1.29 is 17.9 Å².